The summed E-state index contributed by atoms with van der Waals surface area (Å²) in [4.78, 5) is 13.8. The van der Waals surface area contributed by atoms with Crippen LogP contribution in [0.5, 0.6) is 0 Å². The molecule has 0 saturated heterocycles. The van der Waals surface area contributed by atoms with Crippen molar-refractivity contribution in [2.45, 2.75) is 40.5 Å². The highest BCUT2D eigenvalue weighted by molar-refractivity contribution is 6.30. The van der Waals surface area contributed by atoms with Gasteiger partial charge in [0, 0.05) is 28.8 Å². The van der Waals surface area contributed by atoms with E-state index in [-0.39, 0.29) is 11.2 Å². The van der Waals surface area contributed by atoms with Crippen LogP contribution in [0.3, 0.4) is 0 Å². The molecule has 0 fully saturated rings. The number of Topliss-reactive ketones (excluding diaryl/α,β-unsaturated/α-hetero) is 1. The molecule has 0 saturated carbocycles. The van der Waals surface area contributed by atoms with Crippen molar-refractivity contribution < 1.29 is 13.8 Å². The summed E-state index contributed by atoms with van der Waals surface area (Å²) in [5.41, 5.74) is 6.18. The summed E-state index contributed by atoms with van der Waals surface area (Å²) in [6.07, 6.45) is 4.94. The summed E-state index contributed by atoms with van der Waals surface area (Å²) in [6, 6.07) is 19.5. The average molecular weight is 553 g/mol. The second-order valence-electron chi connectivity index (χ2n) is 11.0. The van der Waals surface area contributed by atoms with Crippen molar-refractivity contribution in [1.82, 2.24) is 14.9 Å². The number of rotatable bonds is 6. The number of fused-ring (bicyclic) bond motifs is 1. The molecule has 0 aliphatic heterocycles. The van der Waals surface area contributed by atoms with Gasteiger partial charge in [-0.15, -0.1) is 0 Å². The standard InChI is InChI=1S/C32H29ClN4O3/c1-19-16-27(36-39-19)37-24-17-32(3,4)18-25(38)28(24)30(31(37)22-8-6-5-7-9-22)34-29-20(2)35-40-26(29)15-12-21-10-13-23(33)14-11-21/h5-16,34H,17-18H2,1-4H3/b15-12+. The minimum atomic E-state index is -0.205. The topological polar surface area (TPSA) is 86.1 Å². The summed E-state index contributed by atoms with van der Waals surface area (Å²) in [7, 11) is 0. The van der Waals surface area contributed by atoms with Crippen molar-refractivity contribution in [2.75, 3.05) is 5.32 Å². The molecule has 1 aliphatic carbocycles. The first-order valence-electron chi connectivity index (χ1n) is 13.2. The van der Waals surface area contributed by atoms with Crippen LogP contribution in [0, 0.1) is 19.3 Å². The Labute approximate surface area is 237 Å². The lowest BCUT2D eigenvalue weighted by molar-refractivity contribution is 0.0911. The number of nitrogens with one attached hydrogen (secondary N) is 1. The number of benzene rings is 2. The summed E-state index contributed by atoms with van der Waals surface area (Å²) < 4.78 is 13.3. The van der Waals surface area contributed by atoms with Gasteiger partial charge in [0.2, 0.25) is 0 Å². The molecule has 5 aromatic rings. The molecular formula is C32H29ClN4O3. The van der Waals surface area contributed by atoms with Gasteiger partial charge in [0.25, 0.3) is 0 Å². The van der Waals surface area contributed by atoms with Crippen molar-refractivity contribution in [1.29, 1.82) is 0 Å². The third-order valence-corrected chi connectivity index (χ3v) is 7.41. The Morgan fingerprint density at radius 1 is 0.950 bits per heavy atom. The molecule has 6 rings (SSSR count). The molecule has 202 valence electrons. The Hall–Kier alpha value is -4.36. The molecule has 3 heterocycles. The van der Waals surface area contributed by atoms with E-state index in [4.69, 9.17) is 20.6 Å². The molecule has 40 heavy (non-hydrogen) atoms. The van der Waals surface area contributed by atoms with E-state index in [9.17, 15) is 4.79 Å². The number of carbonyl (C=O) groups excluding carboxylic acids is 1. The van der Waals surface area contributed by atoms with Crippen LogP contribution < -0.4 is 5.32 Å². The lowest BCUT2D eigenvalue weighted by Gasteiger charge is -2.29. The van der Waals surface area contributed by atoms with Crippen molar-refractivity contribution in [2.24, 2.45) is 5.41 Å². The zero-order valence-corrected chi connectivity index (χ0v) is 23.5. The lowest BCUT2D eigenvalue weighted by atomic mass is 9.76. The third kappa shape index (κ3) is 4.77. The molecule has 0 amide bonds. The first-order valence-corrected chi connectivity index (χ1v) is 13.5. The number of aromatic nitrogens is 3. The van der Waals surface area contributed by atoms with E-state index in [1.54, 1.807) is 0 Å². The summed E-state index contributed by atoms with van der Waals surface area (Å²) in [5, 5.41) is 12.9. The van der Waals surface area contributed by atoms with Crippen LogP contribution in [0.25, 0.3) is 29.2 Å². The van der Waals surface area contributed by atoms with Gasteiger partial charge in [0.1, 0.15) is 17.1 Å². The predicted molar refractivity (Wildman–Crippen MR) is 157 cm³/mol. The second kappa shape index (κ2) is 9.99. The molecular weight excluding hydrogens is 524 g/mol. The zero-order chi connectivity index (χ0) is 28.0. The van der Waals surface area contributed by atoms with Crippen LogP contribution in [0.2, 0.25) is 5.02 Å². The molecule has 0 atom stereocenters. The number of hydrogen-bond donors (Lipinski definition) is 1. The van der Waals surface area contributed by atoms with Crippen LogP contribution in [0.4, 0.5) is 11.4 Å². The monoisotopic (exact) mass is 552 g/mol. The van der Waals surface area contributed by atoms with E-state index in [0.717, 1.165) is 22.5 Å². The third-order valence-electron chi connectivity index (χ3n) is 7.16. The van der Waals surface area contributed by atoms with Gasteiger partial charge in [-0.25, -0.2) is 0 Å². The second-order valence-corrected chi connectivity index (χ2v) is 11.4. The Bertz CT molecular complexity index is 1740. The van der Waals surface area contributed by atoms with Crippen molar-refractivity contribution in [3.8, 4) is 17.1 Å². The van der Waals surface area contributed by atoms with Crippen molar-refractivity contribution >= 4 is 40.9 Å². The zero-order valence-electron chi connectivity index (χ0n) is 22.8. The number of anilines is 2. The molecule has 2 aromatic carbocycles. The van der Waals surface area contributed by atoms with Gasteiger partial charge in [-0.1, -0.05) is 84.3 Å². The number of carbonyl (C=O) groups is 1. The summed E-state index contributed by atoms with van der Waals surface area (Å²) >= 11 is 6.05. The van der Waals surface area contributed by atoms with Crippen LogP contribution in [0.1, 0.15) is 59.1 Å². The maximum absolute atomic E-state index is 13.8. The van der Waals surface area contributed by atoms with Gasteiger partial charge in [-0.05, 0) is 49.5 Å². The molecule has 3 aromatic heterocycles. The largest absolute Gasteiger partial charge is 0.360 e. The van der Waals surface area contributed by atoms with Gasteiger partial charge in [-0.2, -0.15) is 0 Å². The molecule has 0 radical (unpaired) electrons. The van der Waals surface area contributed by atoms with E-state index in [0.29, 0.717) is 57.8 Å². The molecule has 0 bridgehead atoms. The fourth-order valence-corrected chi connectivity index (χ4v) is 5.48. The SMILES string of the molecule is Cc1cc(-n2c3c(c(Nc4c(C)noc4/C=C/c4ccc(Cl)cc4)c2-c2ccccc2)C(=O)CC(C)(C)C3)no1. The highest BCUT2D eigenvalue weighted by atomic mass is 35.5. The van der Waals surface area contributed by atoms with Crippen LogP contribution in [-0.4, -0.2) is 20.7 Å². The Kier molecular flexibility index (Phi) is 6.47. The smallest absolute Gasteiger partial charge is 0.183 e. The minimum Gasteiger partial charge on any atom is -0.360 e. The minimum absolute atomic E-state index is 0.0808. The molecule has 1 N–H and O–H groups in total. The normalized spacial score (nSPS) is 14.6. The van der Waals surface area contributed by atoms with Gasteiger partial charge >= 0.3 is 0 Å². The quantitative estimate of drug-likeness (QED) is 0.227. The Morgan fingerprint density at radius 3 is 2.40 bits per heavy atom. The number of ketones is 1. The Morgan fingerprint density at radius 2 is 1.70 bits per heavy atom. The van der Waals surface area contributed by atoms with Gasteiger partial charge in [0.15, 0.2) is 17.4 Å². The average Bonchev–Trinajstić information content (AvgIpc) is 3.59. The summed E-state index contributed by atoms with van der Waals surface area (Å²) in [5.74, 6) is 1.96. The van der Waals surface area contributed by atoms with Gasteiger partial charge in [-0.3, -0.25) is 9.36 Å². The van der Waals surface area contributed by atoms with Crippen LogP contribution in [0.15, 0.2) is 69.7 Å². The lowest BCUT2D eigenvalue weighted by Crippen LogP contribution is -2.28. The maximum Gasteiger partial charge on any atom is 0.183 e. The number of aryl methyl sites for hydroxylation is 2. The van der Waals surface area contributed by atoms with E-state index in [1.165, 1.54) is 0 Å². The van der Waals surface area contributed by atoms with Crippen LogP contribution in [-0.2, 0) is 6.42 Å². The van der Waals surface area contributed by atoms with E-state index >= 15 is 0 Å². The number of halogens is 1. The highest BCUT2D eigenvalue weighted by Gasteiger charge is 2.39. The fourth-order valence-electron chi connectivity index (χ4n) is 5.35. The molecule has 7 nitrogen and oxygen atoms in total. The predicted octanol–water partition coefficient (Wildman–Crippen LogP) is 8.46. The number of nitrogens with zero attached hydrogens (tertiary/aromatic N) is 3. The molecule has 0 spiro atoms. The summed E-state index contributed by atoms with van der Waals surface area (Å²) in [6.45, 7) is 7.99. The van der Waals surface area contributed by atoms with Gasteiger partial charge in [0.05, 0.1) is 16.9 Å². The maximum atomic E-state index is 13.8. The highest BCUT2D eigenvalue weighted by Crippen LogP contribution is 2.47. The van der Waals surface area contributed by atoms with Crippen molar-refractivity contribution in [3.63, 3.8) is 0 Å². The van der Waals surface area contributed by atoms with E-state index < -0.39 is 0 Å². The van der Waals surface area contributed by atoms with Crippen molar-refractivity contribution in [3.05, 3.63) is 99.7 Å². The molecule has 8 heteroatoms. The van der Waals surface area contributed by atoms with Gasteiger partial charge < -0.3 is 14.4 Å². The van der Waals surface area contributed by atoms with E-state index in [1.807, 2.05) is 86.7 Å². The van der Waals surface area contributed by atoms with Crippen LogP contribution >= 0.6 is 11.6 Å². The first-order chi connectivity index (χ1) is 19.2. The Balaban J connectivity index is 1.55. The first kappa shape index (κ1) is 25.9. The fraction of sp³-hybridized carbons (Fsp3) is 0.219. The molecule has 0 unspecified atom stereocenters. The molecule has 1 aliphatic rings. The van der Waals surface area contributed by atoms with E-state index in [2.05, 4.69) is 34.0 Å². The number of hydrogen-bond acceptors (Lipinski definition) is 6.